The molecule has 0 aliphatic carbocycles. The van der Waals surface area contributed by atoms with E-state index in [1.807, 2.05) is 6.92 Å². The van der Waals surface area contributed by atoms with Crippen LogP contribution in [0.3, 0.4) is 0 Å². The third-order valence-corrected chi connectivity index (χ3v) is 2.27. The predicted octanol–water partition coefficient (Wildman–Crippen LogP) is 3.12. The molecule has 0 aromatic carbocycles. The quantitative estimate of drug-likeness (QED) is 0.340. The molecule has 0 heterocycles. The van der Waals surface area contributed by atoms with Gasteiger partial charge >= 0.3 is 0 Å². The van der Waals surface area contributed by atoms with Crippen molar-refractivity contribution < 1.29 is 9.53 Å². The van der Waals surface area contributed by atoms with Crippen molar-refractivity contribution in [2.75, 3.05) is 7.11 Å². The fraction of sp³-hybridized carbons (Fsp3) is 0.750. The molecule has 0 saturated carbocycles. The van der Waals surface area contributed by atoms with Crippen molar-refractivity contribution in [3.8, 4) is 0 Å². The molecular formula is C12H22O2. The fourth-order valence-corrected chi connectivity index (χ4v) is 1.38. The van der Waals surface area contributed by atoms with Gasteiger partial charge in [0.25, 0.3) is 0 Å². The van der Waals surface area contributed by atoms with Gasteiger partial charge in [0.1, 0.15) is 6.29 Å². The van der Waals surface area contributed by atoms with E-state index in [2.05, 4.69) is 13.0 Å². The minimum Gasteiger partial charge on any atom is -0.377 e. The molecule has 1 unspecified atom stereocenters. The van der Waals surface area contributed by atoms with E-state index in [1.54, 1.807) is 7.11 Å². The molecule has 0 N–H and O–H groups in total. The first kappa shape index (κ1) is 13.4. The third-order valence-electron chi connectivity index (χ3n) is 2.27. The zero-order chi connectivity index (χ0) is 10.8. The maximum absolute atomic E-state index is 10.3. The molecule has 0 aromatic heterocycles. The van der Waals surface area contributed by atoms with Crippen LogP contribution >= 0.6 is 0 Å². The Kier molecular flexibility index (Phi) is 8.54. The van der Waals surface area contributed by atoms with E-state index in [9.17, 15) is 4.79 Å². The Morgan fingerprint density at radius 2 is 2.14 bits per heavy atom. The van der Waals surface area contributed by atoms with Gasteiger partial charge in [0.15, 0.2) is 0 Å². The standard InChI is InChI=1S/C12H22O2/c1-4-5-6-7-12(14-3)10-11(2)8-9-13/h9-10,12H,4-8H2,1-3H3/b11-10+. The van der Waals surface area contributed by atoms with Gasteiger partial charge in [-0.05, 0) is 13.3 Å². The molecule has 2 heteroatoms. The monoisotopic (exact) mass is 198 g/mol. The van der Waals surface area contributed by atoms with Gasteiger partial charge < -0.3 is 9.53 Å². The molecule has 0 fully saturated rings. The number of carbonyl (C=O) groups excluding carboxylic acids is 1. The minimum absolute atomic E-state index is 0.182. The summed E-state index contributed by atoms with van der Waals surface area (Å²) in [7, 11) is 1.72. The topological polar surface area (TPSA) is 26.3 Å². The maximum atomic E-state index is 10.3. The Labute approximate surface area is 87.3 Å². The Morgan fingerprint density at radius 1 is 1.43 bits per heavy atom. The van der Waals surface area contributed by atoms with Gasteiger partial charge in [-0.1, -0.05) is 37.8 Å². The smallest absolute Gasteiger partial charge is 0.124 e. The molecule has 0 amide bonds. The van der Waals surface area contributed by atoms with Gasteiger partial charge in [-0.3, -0.25) is 0 Å². The first-order valence-corrected chi connectivity index (χ1v) is 5.38. The van der Waals surface area contributed by atoms with Crippen LogP contribution in [0.15, 0.2) is 11.6 Å². The van der Waals surface area contributed by atoms with Crippen LogP contribution < -0.4 is 0 Å². The van der Waals surface area contributed by atoms with Crippen LogP contribution in [0, 0.1) is 0 Å². The third kappa shape index (κ3) is 6.84. The number of hydrogen-bond acceptors (Lipinski definition) is 2. The van der Waals surface area contributed by atoms with E-state index in [4.69, 9.17) is 4.74 Å². The zero-order valence-corrected chi connectivity index (χ0v) is 9.58. The average Bonchev–Trinajstić information content (AvgIpc) is 2.17. The Balaban J connectivity index is 3.87. The van der Waals surface area contributed by atoms with E-state index in [1.165, 1.54) is 19.3 Å². The number of hydrogen-bond donors (Lipinski definition) is 0. The van der Waals surface area contributed by atoms with Gasteiger partial charge in [0, 0.05) is 13.5 Å². The highest BCUT2D eigenvalue weighted by Gasteiger charge is 2.03. The lowest BCUT2D eigenvalue weighted by Crippen LogP contribution is -2.07. The lowest BCUT2D eigenvalue weighted by atomic mass is 10.1. The van der Waals surface area contributed by atoms with E-state index in [0.29, 0.717) is 6.42 Å². The van der Waals surface area contributed by atoms with Crippen LogP contribution in [0.25, 0.3) is 0 Å². The molecule has 0 saturated heterocycles. The van der Waals surface area contributed by atoms with Crippen molar-refractivity contribution in [2.45, 2.75) is 52.1 Å². The second kappa shape index (κ2) is 8.95. The van der Waals surface area contributed by atoms with Crippen molar-refractivity contribution in [1.29, 1.82) is 0 Å². The Hall–Kier alpha value is -0.630. The summed E-state index contributed by atoms with van der Waals surface area (Å²) in [5.74, 6) is 0. The summed E-state index contributed by atoms with van der Waals surface area (Å²) in [5, 5.41) is 0. The van der Waals surface area contributed by atoms with Crippen molar-refractivity contribution >= 4 is 6.29 Å². The number of ether oxygens (including phenoxy) is 1. The van der Waals surface area contributed by atoms with Crippen molar-refractivity contribution in [3.05, 3.63) is 11.6 Å². The molecule has 0 bridgehead atoms. The molecule has 0 spiro atoms. The largest absolute Gasteiger partial charge is 0.377 e. The minimum atomic E-state index is 0.182. The number of carbonyl (C=O) groups is 1. The average molecular weight is 198 g/mol. The van der Waals surface area contributed by atoms with Gasteiger partial charge in [-0.15, -0.1) is 0 Å². The fourth-order valence-electron chi connectivity index (χ4n) is 1.38. The lowest BCUT2D eigenvalue weighted by Gasteiger charge is -2.11. The molecule has 0 aromatic rings. The second-order valence-corrected chi connectivity index (χ2v) is 3.65. The molecule has 0 rings (SSSR count). The van der Waals surface area contributed by atoms with Crippen LogP contribution in [0.1, 0.15) is 46.0 Å². The second-order valence-electron chi connectivity index (χ2n) is 3.65. The summed E-state index contributed by atoms with van der Waals surface area (Å²) in [5.41, 5.74) is 1.10. The van der Waals surface area contributed by atoms with Gasteiger partial charge in [0.2, 0.25) is 0 Å². The molecule has 0 aliphatic heterocycles. The molecule has 0 aliphatic rings. The summed E-state index contributed by atoms with van der Waals surface area (Å²) >= 11 is 0. The summed E-state index contributed by atoms with van der Waals surface area (Å²) in [6.45, 7) is 4.16. The number of methoxy groups -OCH3 is 1. The summed E-state index contributed by atoms with van der Waals surface area (Å²) < 4.78 is 5.32. The molecule has 2 nitrogen and oxygen atoms in total. The highest BCUT2D eigenvalue weighted by Crippen LogP contribution is 2.10. The number of aldehydes is 1. The SMILES string of the molecule is CCCCCC(/C=C(\C)CC=O)OC. The van der Waals surface area contributed by atoms with Crippen LogP contribution in [0.4, 0.5) is 0 Å². The van der Waals surface area contributed by atoms with Gasteiger partial charge in [0.05, 0.1) is 6.10 Å². The van der Waals surface area contributed by atoms with E-state index < -0.39 is 0 Å². The molecule has 82 valence electrons. The maximum Gasteiger partial charge on any atom is 0.124 e. The van der Waals surface area contributed by atoms with E-state index in [-0.39, 0.29) is 6.10 Å². The summed E-state index contributed by atoms with van der Waals surface area (Å²) in [4.78, 5) is 10.3. The highest BCUT2D eigenvalue weighted by molar-refractivity contribution is 5.53. The van der Waals surface area contributed by atoms with Crippen LogP contribution in [-0.4, -0.2) is 19.5 Å². The Bertz CT molecular complexity index is 173. The van der Waals surface area contributed by atoms with Crippen LogP contribution in [-0.2, 0) is 9.53 Å². The molecule has 0 radical (unpaired) electrons. The predicted molar refractivity (Wildman–Crippen MR) is 59.4 cm³/mol. The van der Waals surface area contributed by atoms with Gasteiger partial charge in [-0.25, -0.2) is 0 Å². The lowest BCUT2D eigenvalue weighted by molar-refractivity contribution is -0.107. The highest BCUT2D eigenvalue weighted by atomic mass is 16.5. The van der Waals surface area contributed by atoms with E-state index >= 15 is 0 Å². The first-order chi connectivity index (χ1) is 6.74. The van der Waals surface area contributed by atoms with Crippen molar-refractivity contribution in [2.24, 2.45) is 0 Å². The number of unbranched alkanes of at least 4 members (excludes halogenated alkanes) is 2. The van der Waals surface area contributed by atoms with Crippen molar-refractivity contribution in [1.82, 2.24) is 0 Å². The normalized spacial score (nSPS) is 14.1. The Morgan fingerprint density at radius 3 is 2.64 bits per heavy atom. The van der Waals surface area contributed by atoms with Crippen LogP contribution in [0.5, 0.6) is 0 Å². The first-order valence-electron chi connectivity index (χ1n) is 5.38. The molecule has 1 atom stereocenters. The number of rotatable bonds is 8. The summed E-state index contributed by atoms with van der Waals surface area (Å²) in [6, 6.07) is 0. The molecular weight excluding hydrogens is 176 g/mol. The number of allylic oxidation sites excluding steroid dienone is 1. The molecule has 14 heavy (non-hydrogen) atoms. The van der Waals surface area contributed by atoms with Crippen molar-refractivity contribution in [3.63, 3.8) is 0 Å². The van der Waals surface area contributed by atoms with E-state index in [0.717, 1.165) is 18.3 Å². The summed E-state index contributed by atoms with van der Waals surface area (Å²) in [6.07, 6.45) is 8.43. The van der Waals surface area contributed by atoms with Crippen LogP contribution in [0.2, 0.25) is 0 Å². The zero-order valence-electron chi connectivity index (χ0n) is 9.58. The van der Waals surface area contributed by atoms with Gasteiger partial charge in [-0.2, -0.15) is 0 Å².